The van der Waals surface area contributed by atoms with Gasteiger partial charge in [0.15, 0.2) is 0 Å². The molecule has 0 radical (unpaired) electrons. The van der Waals surface area contributed by atoms with Crippen LogP contribution in [0.4, 0.5) is 0 Å². The molecule has 0 aliphatic carbocycles. The van der Waals surface area contributed by atoms with E-state index in [-0.39, 0.29) is 19.0 Å². The highest BCUT2D eigenvalue weighted by Crippen LogP contribution is 2.18. The first-order chi connectivity index (χ1) is 10.1. The molecule has 6 heteroatoms. The molecule has 6 nitrogen and oxygen atoms in total. The molecule has 1 aromatic carbocycles. The summed E-state index contributed by atoms with van der Waals surface area (Å²) in [4.78, 5) is 26.4. The van der Waals surface area contributed by atoms with E-state index in [9.17, 15) is 9.59 Å². The topological polar surface area (TPSA) is 92.7 Å². The summed E-state index contributed by atoms with van der Waals surface area (Å²) in [5, 5.41) is 0. The van der Waals surface area contributed by atoms with E-state index in [1.165, 1.54) is 16.0 Å². The van der Waals surface area contributed by atoms with Gasteiger partial charge in [-0.1, -0.05) is 24.3 Å². The Balaban J connectivity index is 1.90. The number of carbonyl (C=O) groups is 2. The smallest absolute Gasteiger partial charge is 0.237 e. The van der Waals surface area contributed by atoms with Crippen LogP contribution in [0.5, 0.6) is 0 Å². The van der Waals surface area contributed by atoms with E-state index in [0.717, 1.165) is 19.5 Å². The first-order valence-corrected chi connectivity index (χ1v) is 7.15. The van der Waals surface area contributed by atoms with E-state index in [2.05, 4.69) is 23.1 Å². The molecule has 2 rings (SSSR count). The number of rotatable bonds is 6. The zero-order chi connectivity index (χ0) is 15.2. The van der Waals surface area contributed by atoms with Crippen molar-refractivity contribution in [2.75, 3.05) is 32.7 Å². The maximum absolute atomic E-state index is 11.7. The van der Waals surface area contributed by atoms with E-state index in [1.807, 2.05) is 6.07 Å². The number of hydrogen-bond donors (Lipinski definition) is 2. The van der Waals surface area contributed by atoms with Gasteiger partial charge in [-0.05, 0) is 17.5 Å². The number of nitrogens with zero attached hydrogens (tertiary/aromatic N) is 2. The minimum atomic E-state index is -0.513. The summed E-state index contributed by atoms with van der Waals surface area (Å²) in [6.45, 7) is 2.85. The summed E-state index contributed by atoms with van der Waals surface area (Å²) in [5.41, 5.74) is 13.3. The van der Waals surface area contributed by atoms with Gasteiger partial charge in [-0.25, -0.2) is 0 Å². The Morgan fingerprint density at radius 2 is 1.95 bits per heavy atom. The van der Waals surface area contributed by atoms with Crippen LogP contribution in [0.15, 0.2) is 24.3 Å². The van der Waals surface area contributed by atoms with Gasteiger partial charge in [-0.3, -0.25) is 14.5 Å². The monoisotopic (exact) mass is 290 g/mol. The summed E-state index contributed by atoms with van der Waals surface area (Å²) in [6, 6.07) is 8.39. The quantitative estimate of drug-likeness (QED) is 0.726. The fourth-order valence-electron chi connectivity index (χ4n) is 2.62. The molecule has 114 valence electrons. The van der Waals surface area contributed by atoms with Crippen LogP contribution in [0.1, 0.15) is 11.1 Å². The van der Waals surface area contributed by atoms with Crippen LogP contribution in [0.25, 0.3) is 0 Å². The van der Waals surface area contributed by atoms with Crippen LogP contribution in [0.3, 0.4) is 0 Å². The van der Waals surface area contributed by atoms with Crippen LogP contribution in [-0.2, 0) is 22.6 Å². The summed E-state index contributed by atoms with van der Waals surface area (Å²) in [6.07, 6.45) is 1.01. The highest BCUT2D eigenvalue weighted by atomic mass is 16.2. The van der Waals surface area contributed by atoms with Crippen molar-refractivity contribution >= 4 is 11.8 Å². The molecule has 0 fully saturated rings. The van der Waals surface area contributed by atoms with E-state index >= 15 is 0 Å². The Morgan fingerprint density at radius 1 is 1.24 bits per heavy atom. The lowest BCUT2D eigenvalue weighted by molar-refractivity contribution is -0.134. The molecule has 1 aromatic rings. The van der Waals surface area contributed by atoms with Gasteiger partial charge in [0.05, 0.1) is 13.1 Å². The van der Waals surface area contributed by atoms with Gasteiger partial charge < -0.3 is 16.4 Å². The summed E-state index contributed by atoms with van der Waals surface area (Å²) < 4.78 is 0. The third-order valence-corrected chi connectivity index (χ3v) is 3.77. The van der Waals surface area contributed by atoms with Gasteiger partial charge in [-0.15, -0.1) is 0 Å². The number of carbonyl (C=O) groups excluding carboxylic acids is 2. The molecule has 0 saturated carbocycles. The second-order valence-corrected chi connectivity index (χ2v) is 5.28. The summed E-state index contributed by atoms with van der Waals surface area (Å²) in [7, 11) is 0. The van der Waals surface area contributed by atoms with Gasteiger partial charge in [-0.2, -0.15) is 0 Å². The molecule has 4 N–H and O–H groups in total. The van der Waals surface area contributed by atoms with Gasteiger partial charge in [0, 0.05) is 26.2 Å². The fourth-order valence-corrected chi connectivity index (χ4v) is 2.62. The normalized spacial score (nSPS) is 14.5. The Kier molecular flexibility index (Phi) is 5.30. The van der Waals surface area contributed by atoms with Crippen LogP contribution in [0.2, 0.25) is 0 Å². The molecule has 0 aromatic heterocycles. The molecule has 21 heavy (non-hydrogen) atoms. The van der Waals surface area contributed by atoms with Crippen molar-refractivity contribution in [2.24, 2.45) is 11.5 Å². The van der Waals surface area contributed by atoms with Crippen molar-refractivity contribution in [1.29, 1.82) is 0 Å². The standard InChI is InChI=1S/C15H22N4O2/c16-9-15(21)19(11-14(17)20)8-7-18-6-5-12-3-1-2-4-13(12)10-18/h1-4H,5-11,16H2,(H2,17,20). The fraction of sp³-hybridized carbons (Fsp3) is 0.467. The predicted octanol–water partition coefficient (Wildman–Crippen LogP) is -0.683. The van der Waals surface area contributed by atoms with Crippen molar-refractivity contribution in [3.63, 3.8) is 0 Å². The van der Waals surface area contributed by atoms with Crippen LogP contribution in [0, 0.1) is 0 Å². The lowest BCUT2D eigenvalue weighted by Gasteiger charge is -2.31. The summed E-state index contributed by atoms with van der Waals surface area (Å²) >= 11 is 0. The number of hydrogen-bond acceptors (Lipinski definition) is 4. The second kappa shape index (κ2) is 7.19. The molecule has 1 heterocycles. The van der Waals surface area contributed by atoms with Gasteiger partial charge >= 0.3 is 0 Å². The van der Waals surface area contributed by atoms with Gasteiger partial charge in [0.1, 0.15) is 0 Å². The average molecular weight is 290 g/mol. The van der Waals surface area contributed by atoms with Crippen molar-refractivity contribution in [3.05, 3.63) is 35.4 Å². The molecular formula is C15H22N4O2. The highest BCUT2D eigenvalue weighted by Gasteiger charge is 2.19. The minimum absolute atomic E-state index is 0.0690. The van der Waals surface area contributed by atoms with Crippen LogP contribution in [-0.4, -0.2) is 54.3 Å². The zero-order valence-electron chi connectivity index (χ0n) is 12.1. The van der Waals surface area contributed by atoms with Crippen molar-refractivity contribution < 1.29 is 9.59 Å². The maximum atomic E-state index is 11.7. The van der Waals surface area contributed by atoms with Gasteiger partial charge in [0.25, 0.3) is 0 Å². The Labute approximate surface area is 124 Å². The van der Waals surface area contributed by atoms with E-state index in [0.29, 0.717) is 13.1 Å². The molecule has 0 atom stereocenters. The third-order valence-electron chi connectivity index (χ3n) is 3.77. The lowest BCUT2D eigenvalue weighted by atomic mass is 10.00. The van der Waals surface area contributed by atoms with E-state index in [1.54, 1.807) is 0 Å². The first kappa shape index (κ1) is 15.5. The molecule has 1 aliphatic heterocycles. The number of primary amides is 1. The van der Waals surface area contributed by atoms with E-state index in [4.69, 9.17) is 11.5 Å². The van der Waals surface area contributed by atoms with Crippen LogP contribution < -0.4 is 11.5 Å². The molecule has 2 amide bonds. The Bertz CT molecular complexity index is 518. The Morgan fingerprint density at radius 3 is 2.62 bits per heavy atom. The molecular weight excluding hydrogens is 268 g/mol. The third kappa shape index (κ3) is 4.27. The van der Waals surface area contributed by atoms with Gasteiger partial charge in [0.2, 0.25) is 11.8 Å². The second-order valence-electron chi connectivity index (χ2n) is 5.28. The number of nitrogens with two attached hydrogens (primary N) is 2. The predicted molar refractivity (Wildman–Crippen MR) is 80.3 cm³/mol. The first-order valence-electron chi connectivity index (χ1n) is 7.15. The maximum Gasteiger partial charge on any atom is 0.237 e. The summed E-state index contributed by atoms with van der Waals surface area (Å²) in [5.74, 6) is -0.757. The zero-order valence-corrected chi connectivity index (χ0v) is 12.1. The molecule has 0 saturated heterocycles. The largest absolute Gasteiger partial charge is 0.368 e. The van der Waals surface area contributed by atoms with Crippen molar-refractivity contribution in [3.8, 4) is 0 Å². The average Bonchev–Trinajstić information content (AvgIpc) is 2.50. The van der Waals surface area contributed by atoms with Crippen molar-refractivity contribution in [2.45, 2.75) is 13.0 Å². The number of benzene rings is 1. The number of fused-ring (bicyclic) bond motifs is 1. The molecule has 1 aliphatic rings. The van der Waals surface area contributed by atoms with Crippen molar-refractivity contribution in [1.82, 2.24) is 9.80 Å². The molecule has 0 bridgehead atoms. The molecule has 0 unspecified atom stereocenters. The lowest BCUT2D eigenvalue weighted by Crippen LogP contribution is -2.46. The molecule has 0 spiro atoms. The highest BCUT2D eigenvalue weighted by molar-refractivity contribution is 5.84. The Hall–Kier alpha value is -1.92. The number of amides is 2. The SMILES string of the molecule is NCC(=O)N(CCN1CCc2ccccc2C1)CC(N)=O. The van der Waals surface area contributed by atoms with Crippen LogP contribution >= 0.6 is 0 Å². The minimum Gasteiger partial charge on any atom is -0.368 e. The van der Waals surface area contributed by atoms with E-state index < -0.39 is 5.91 Å².